The molecule has 8 nitrogen and oxygen atoms in total. The average molecular weight is 409 g/mol. The number of carbonyl (C=O) groups is 1. The highest BCUT2D eigenvalue weighted by Gasteiger charge is 2.43. The van der Waals surface area contributed by atoms with Gasteiger partial charge in [0.2, 0.25) is 0 Å². The van der Waals surface area contributed by atoms with Crippen LogP contribution in [-0.4, -0.2) is 54.7 Å². The van der Waals surface area contributed by atoms with Gasteiger partial charge in [0.1, 0.15) is 12.1 Å². The highest BCUT2D eigenvalue weighted by Crippen LogP contribution is 2.39. The molecule has 3 rings (SSSR count). The summed E-state index contributed by atoms with van der Waals surface area (Å²) >= 11 is 0. The van der Waals surface area contributed by atoms with Gasteiger partial charge in [0, 0.05) is 5.69 Å². The maximum Gasteiger partial charge on any atom is 0.276 e. The lowest BCUT2D eigenvalue weighted by Crippen LogP contribution is -3.09. The number of nitriles is 1. The average Bonchev–Trinajstić information content (AvgIpc) is 3.35. The Morgan fingerprint density at radius 3 is 2.61 bits per heavy atom. The standard InChI is InChI=1S/C19H29N5O3S/c1-13-17(14(2)24(22-13)16-7-8-28(26,27)11-16)9-23(4)10-18(25)21-19(3,12-20)15-5-6-15/h15-16H,5-11H2,1-4H3,(H,21,25)/p+1/t16-,19+/m1/s1. The van der Waals surface area contributed by atoms with Gasteiger partial charge in [0.25, 0.3) is 5.91 Å². The van der Waals surface area contributed by atoms with Crippen molar-refractivity contribution in [2.24, 2.45) is 5.92 Å². The maximum atomic E-state index is 12.4. The zero-order valence-corrected chi connectivity index (χ0v) is 17.9. The normalized spacial score (nSPS) is 24.3. The Morgan fingerprint density at radius 2 is 2.07 bits per heavy atom. The zero-order chi connectivity index (χ0) is 20.7. The lowest BCUT2D eigenvalue weighted by atomic mass is 9.98. The van der Waals surface area contributed by atoms with Crippen LogP contribution in [0.4, 0.5) is 0 Å². The van der Waals surface area contributed by atoms with Gasteiger partial charge in [0.05, 0.1) is 41.9 Å². The van der Waals surface area contributed by atoms with E-state index >= 15 is 0 Å². The Balaban J connectivity index is 1.63. The molecule has 3 atom stereocenters. The molecule has 1 saturated heterocycles. The van der Waals surface area contributed by atoms with E-state index in [1.807, 2.05) is 25.6 Å². The summed E-state index contributed by atoms with van der Waals surface area (Å²) < 4.78 is 25.4. The largest absolute Gasteiger partial charge is 0.333 e. The van der Waals surface area contributed by atoms with Gasteiger partial charge in [-0.2, -0.15) is 10.4 Å². The highest BCUT2D eigenvalue weighted by molar-refractivity contribution is 7.91. The minimum absolute atomic E-state index is 0.101. The second kappa shape index (κ2) is 7.48. The van der Waals surface area contributed by atoms with Crippen molar-refractivity contribution >= 4 is 15.7 Å². The summed E-state index contributed by atoms with van der Waals surface area (Å²) in [6.07, 6.45) is 2.58. The molecule has 9 heteroatoms. The Morgan fingerprint density at radius 1 is 1.39 bits per heavy atom. The Bertz CT molecular complexity index is 913. The van der Waals surface area contributed by atoms with E-state index in [0.29, 0.717) is 13.0 Å². The number of aromatic nitrogens is 2. The third-order valence-corrected chi connectivity index (χ3v) is 7.75. The molecule has 154 valence electrons. The number of hydrogen-bond donors (Lipinski definition) is 2. The number of nitrogens with zero attached hydrogens (tertiary/aromatic N) is 3. The van der Waals surface area contributed by atoms with Gasteiger partial charge in [-0.05, 0) is 46.0 Å². The van der Waals surface area contributed by atoms with Crippen molar-refractivity contribution in [3.8, 4) is 6.07 Å². The number of quaternary nitrogens is 1. The second-order valence-corrected chi connectivity index (χ2v) is 10.8. The molecular weight excluding hydrogens is 378 g/mol. The van der Waals surface area contributed by atoms with Crippen LogP contribution in [0.15, 0.2) is 0 Å². The van der Waals surface area contributed by atoms with E-state index in [4.69, 9.17) is 0 Å². The molecule has 0 aromatic carbocycles. The maximum absolute atomic E-state index is 12.4. The molecule has 1 amide bonds. The van der Waals surface area contributed by atoms with Crippen LogP contribution in [0.25, 0.3) is 0 Å². The van der Waals surface area contributed by atoms with Crippen molar-refractivity contribution in [1.82, 2.24) is 15.1 Å². The van der Waals surface area contributed by atoms with Gasteiger partial charge in [-0.15, -0.1) is 0 Å². The number of rotatable bonds is 7. The van der Waals surface area contributed by atoms with E-state index in [0.717, 1.165) is 34.7 Å². The van der Waals surface area contributed by atoms with Crippen LogP contribution >= 0.6 is 0 Å². The van der Waals surface area contributed by atoms with E-state index < -0.39 is 15.4 Å². The summed E-state index contributed by atoms with van der Waals surface area (Å²) in [5.74, 6) is 0.494. The van der Waals surface area contributed by atoms with Gasteiger partial charge in [-0.25, -0.2) is 8.42 Å². The summed E-state index contributed by atoms with van der Waals surface area (Å²) in [4.78, 5) is 13.4. The van der Waals surface area contributed by atoms with Gasteiger partial charge >= 0.3 is 0 Å². The molecular formula is C19H30N5O3S+. The van der Waals surface area contributed by atoms with Gasteiger partial charge in [-0.1, -0.05) is 0 Å². The third kappa shape index (κ3) is 4.39. The summed E-state index contributed by atoms with van der Waals surface area (Å²) in [6, 6.07) is 2.15. The van der Waals surface area contributed by atoms with Gasteiger partial charge in [-0.3, -0.25) is 9.48 Å². The van der Waals surface area contributed by atoms with Gasteiger partial charge in [0.15, 0.2) is 16.4 Å². The van der Waals surface area contributed by atoms with Crippen molar-refractivity contribution in [2.75, 3.05) is 25.1 Å². The monoisotopic (exact) mass is 408 g/mol. The molecule has 1 aromatic heterocycles. The first-order valence-corrected chi connectivity index (χ1v) is 11.7. The molecule has 2 fully saturated rings. The third-order valence-electron chi connectivity index (χ3n) is 6.00. The first kappa shape index (κ1) is 20.8. The van der Waals surface area contributed by atoms with E-state index in [1.54, 1.807) is 6.92 Å². The van der Waals surface area contributed by atoms with E-state index in [-0.39, 0.29) is 35.9 Å². The molecule has 1 unspecified atom stereocenters. The van der Waals surface area contributed by atoms with Crippen molar-refractivity contribution in [3.05, 3.63) is 17.0 Å². The molecule has 1 aromatic rings. The van der Waals surface area contributed by atoms with Crippen LogP contribution in [0, 0.1) is 31.1 Å². The second-order valence-electron chi connectivity index (χ2n) is 8.60. The van der Waals surface area contributed by atoms with E-state index in [9.17, 15) is 18.5 Å². The first-order chi connectivity index (χ1) is 13.0. The smallest absolute Gasteiger partial charge is 0.276 e. The molecule has 28 heavy (non-hydrogen) atoms. The summed E-state index contributed by atoms with van der Waals surface area (Å²) in [5.41, 5.74) is 2.13. The summed E-state index contributed by atoms with van der Waals surface area (Å²) in [5, 5.41) is 16.9. The molecule has 1 aliphatic carbocycles. The number of aryl methyl sites for hydroxylation is 1. The van der Waals surface area contributed by atoms with Crippen LogP contribution in [0.5, 0.6) is 0 Å². The molecule has 0 spiro atoms. The number of sulfone groups is 1. The molecule has 2 heterocycles. The van der Waals surface area contributed by atoms with Crippen LogP contribution in [0.2, 0.25) is 0 Å². The highest BCUT2D eigenvalue weighted by atomic mass is 32.2. The summed E-state index contributed by atoms with van der Waals surface area (Å²) in [6.45, 7) is 6.58. The topological polar surface area (TPSA) is 109 Å². The molecule has 0 radical (unpaired) electrons. The Labute approximate surface area is 166 Å². The number of nitrogens with one attached hydrogen (secondary N) is 2. The fraction of sp³-hybridized carbons (Fsp3) is 0.737. The van der Waals surface area contributed by atoms with Gasteiger partial charge < -0.3 is 10.2 Å². The molecule has 2 aliphatic rings. The van der Waals surface area contributed by atoms with Crippen LogP contribution in [0.1, 0.15) is 49.2 Å². The quantitative estimate of drug-likeness (QED) is 0.643. The predicted molar refractivity (Wildman–Crippen MR) is 104 cm³/mol. The Hall–Kier alpha value is -1.92. The minimum Gasteiger partial charge on any atom is -0.333 e. The fourth-order valence-electron chi connectivity index (χ4n) is 4.13. The molecule has 1 aliphatic heterocycles. The first-order valence-electron chi connectivity index (χ1n) is 9.83. The van der Waals surface area contributed by atoms with Crippen molar-refractivity contribution in [3.63, 3.8) is 0 Å². The number of likely N-dealkylation sites (N-methyl/N-ethyl adjacent to an activating group) is 1. The van der Waals surface area contributed by atoms with Crippen molar-refractivity contribution < 1.29 is 18.1 Å². The zero-order valence-electron chi connectivity index (χ0n) is 17.1. The fourth-order valence-corrected chi connectivity index (χ4v) is 5.82. The number of carbonyl (C=O) groups excluding carboxylic acids is 1. The molecule has 2 N–H and O–H groups in total. The molecule has 0 bridgehead atoms. The van der Waals surface area contributed by atoms with Crippen LogP contribution < -0.4 is 10.2 Å². The molecule has 1 saturated carbocycles. The Kier molecular flexibility index (Phi) is 5.56. The number of amides is 1. The van der Waals surface area contributed by atoms with Crippen LogP contribution in [0.3, 0.4) is 0 Å². The van der Waals surface area contributed by atoms with E-state index in [2.05, 4.69) is 16.5 Å². The van der Waals surface area contributed by atoms with Crippen molar-refractivity contribution in [2.45, 2.75) is 58.2 Å². The van der Waals surface area contributed by atoms with Crippen LogP contribution in [-0.2, 0) is 21.2 Å². The lowest BCUT2D eigenvalue weighted by molar-refractivity contribution is -0.885. The SMILES string of the molecule is Cc1nn([C@@H]2CCS(=O)(=O)C2)c(C)c1C[NH+](C)CC(=O)N[C@@](C)(C#N)C1CC1. The minimum atomic E-state index is -2.97. The number of hydrogen-bond acceptors (Lipinski definition) is 5. The van der Waals surface area contributed by atoms with Crippen molar-refractivity contribution in [1.29, 1.82) is 5.26 Å². The van der Waals surface area contributed by atoms with E-state index in [1.165, 1.54) is 0 Å². The summed E-state index contributed by atoms with van der Waals surface area (Å²) in [7, 11) is -1.03. The lowest BCUT2D eigenvalue weighted by Gasteiger charge is -2.23. The predicted octanol–water partition coefficient (Wildman–Crippen LogP) is -0.317.